The number of methoxy groups -OCH3 is 1. The van der Waals surface area contributed by atoms with Crippen molar-refractivity contribution in [1.82, 2.24) is 19.4 Å². The lowest BCUT2D eigenvalue weighted by Crippen LogP contribution is -2.30. The number of hydrogen-bond acceptors (Lipinski definition) is 6. The van der Waals surface area contributed by atoms with Crippen LogP contribution in [0.5, 0.6) is 0 Å². The van der Waals surface area contributed by atoms with Crippen LogP contribution in [0.15, 0.2) is 59.7 Å². The number of hydrogen-bond donors (Lipinski definition) is 1. The lowest BCUT2D eigenvalue weighted by Gasteiger charge is -2.07. The van der Waals surface area contributed by atoms with E-state index in [9.17, 15) is 14.4 Å². The molecule has 0 atom stereocenters. The third-order valence-corrected chi connectivity index (χ3v) is 5.03. The zero-order chi connectivity index (χ0) is 22.8. The molecular weight excluding hydrogens is 410 g/mol. The number of benzene rings is 2. The largest absolute Gasteiger partial charge is 0.465 e. The molecular formula is C23H21N5O4. The van der Waals surface area contributed by atoms with Crippen LogP contribution in [-0.4, -0.2) is 38.4 Å². The molecule has 0 unspecified atom stereocenters. The maximum atomic E-state index is 12.9. The van der Waals surface area contributed by atoms with E-state index in [0.29, 0.717) is 22.5 Å². The predicted molar refractivity (Wildman–Crippen MR) is 119 cm³/mol. The Morgan fingerprint density at radius 1 is 1.06 bits per heavy atom. The maximum Gasteiger partial charge on any atom is 0.337 e. The van der Waals surface area contributed by atoms with Gasteiger partial charge in [-0.25, -0.2) is 14.0 Å². The molecule has 0 bridgehead atoms. The van der Waals surface area contributed by atoms with Crippen molar-refractivity contribution in [2.75, 3.05) is 12.4 Å². The van der Waals surface area contributed by atoms with E-state index in [2.05, 4.69) is 26.3 Å². The SMILES string of the molecule is COC(=O)c1ccc(NC(=O)Cn2ncn3nc(-c4ccc(C)cc4C)cc3c2=O)cc1. The van der Waals surface area contributed by atoms with E-state index in [1.807, 2.05) is 26.0 Å². The van der Waals surface area contributed by atoms with Gasteiger partial charge in [0.05, 0.1) is 18.4 Å². The molecule has 1 N–H and O–H groups in total. The first kappa shape index (κ1) is 21.0. The monoisotopic (exact) mass is 431 g/mol. The van der Waals surface area contributed by atoms with Crippen LogP contribution in [0.2, 0.25) is 0 Å². The van der Waals surface area contributed by atoms with Crippen molar-refractivity contribution >= 4 is 23.1 Å². The van der Waals surface area contributed by atoms with E-state index in [0.717, 1.165) is 21.4 Å². The highest BCUT2D eigenvalue weighted by atomic mass is 16.5. The number of amides is 1. The Balaban J connectivity index is 1.54. The summed E-state index contributed by atoms with van der Waals surface area (Å²) in [6.45, 7) is 3.74. The smallest absolute Gasteiger partial charge is 0.337 e. The molecule has 2 aromatic heterocycles. The van der Waals surface area contributed by atoms with Gasteiger partial charge in [-0.15, -0.1) is 0 Å². The van der Waals surface area contributed by atoms with Crippen molar-refractivity contribution in [3.8, 4) is 11.3 Å². The van der Waals surface area contributed by atoms with Gasteiger partial charge in [0.25, 0.3) is 5.56 Å². The average molecular weight is 431 g/mol. The quantitative estimate of drug-likeness (QED) is 0.487. The highest BCUT2D eigenvalue weighted by molar-refractivity contribution is 5.92. The summed E-state index contributed by atoms with van der Waals surface area (Å²) in [5, 5.41) is 11.2. The molecule has 2 heterocycles. The molecule has 0 spiro atoms. The van der Waals surface area contributed by atoms with Gasteiger partial charge < -0.3 is 10.1 Å². The van der Waals surface area contributed by atoms with Crippen molar-refractivity contribution in [3.05, 3.63) is 81.9 Å². The average Bonchev–Trinajstić information content (AvgIpc) is 3.20. The lowest BCUT2D eigenvalue weighted by atomic mass is 10.0. The first-order valence-electron chi connectivity index (χ1n) is 9.87. The van der Waals surface area contributed by atoms with E-state index >= 15 is 0 Å². The van der Waals surface area contributed by atoms with Gasteiger partial charge in [-0.3, -0.25) is 9.59 Å². The number of esters is 1. The van der Waals surface area contributed by atoms with Gasteiger partial charge >= 0.3 is 5.97 Å². The van der Waals surface area contributed by atoms with Crippen LogP contribution in [-0.2, 0) is 16.1 Å². The molecule has 9 nitrogen and oxygen atoms in total. The van der Waals surface area contributed by atoms with Crippen LogP contribution in [0.25, 0.3) is 16.8 Å². The van der Waals surface area contributed by atoms with Gasteiger partial charge in [0, 0.05) is 11.3 Å². The summed E-state index contributed by atoms with van der Waals surface area (Å²) < 4.78 is 7.14. The van der Waals surface area contributed by atoms with E-state index in [1.165, 1.54) is 18.0 Å². The third kappa shape index (κ3) is 4.13. The Labute approximate surface area is 183 Å². The van der Waals surface area contributed by atoms with E-state index in [1.54, 1.807) is 30.3 Å². The second-order valence-electron chi connectivity index (χ2n) is 7.39. The van der Waals surface area contributed by atoms with E-state index < -0.39 is 17.4 Å². The summed E-state index contributed by atoms with van der Waals surface area (Å²) in [5.41, 5.74) is 4.54. The van der Waals surface area contributed by atoms with Crippen molar-refractivity contribution in [1.29, 1.82) is 0 Å². The minimum Gasteiger partial charge on any atom is -0.465 e. The molecule has 0 aliphatic carbocycles. The van der Waals surface area contributed by atoms with E-state index in [4.69, 9.17) is 0 Å². The van der Waals surface area contributed by atoms with Gasteiger partial charge in [0.15, 0.2) is 0 Å². The molecule has 4 aromatic rings. The van der Waals surface area contributed by atoms with Crippen LogP contribution in [0.1, 0.15) is 21.5 Å². The Kier molecular flexibility index (Phi) is 5.55. The fraction of sp³-hybridized carbons (Fsp3) is 0.174. The number of fused-ring (bicyclic) bond motifs is 1. The molecule has 0 saturated heterocycles. The Morgan fingerprint density at radius 2 is 1.81 bits per heavy atom. The second-order valence-corrected chi connectivity index (χ2v) is 7.39. The standard InChI is InChI=1S/C23H21N5O4/c1-14-4-9-18(15(2)10-14)19-11-20-22(30)27(24-13-28(20)26-19)12-21(29)25-17-7-5-16(6-8-17)23(31)32-3/h4-11,13H,12H2,1-3H3,(H,25,29). The molecule has 162 valence electrons. The van der Waals surface area contributed by atoms with E-state index in [-0.39, 0.29) is 6.54 Å². The number of aromatic nitrogens is 4. The summed E-state index contributed by atoms with van der Waals surface area (Å²) in [4.78, 5) is 36.8. The summed E-state index contributed by atoms with van der Waals surface area (Å²) in [7, 11) is 1.30. The van der Waals surface area contributed by atoms with Crippen LogP contribution >= 0.6 is 0 Å². The lowest BCUT2D eigenvalue weighted by molar-refractivity contribution is -0.117. The molecule has 0 aliphatic heterocycles. The zero-order valence-electron chi connectivity index (χ0n) is 17.8. The number of aryl methyl sites for hydroxylation is 2. The van der Waals surface area contributed by atoms with Gasteiger partial charge in [-0.1, -0.05) is 23.8 Å². The fourth-order valence-electron chi connectivity index (χ4n) is 3.43. The van der Waals surface area contributed by atoms with Gasteiger partial charge in [0.1, 0.15) is 18.4 Å². The molecule has 4 rings (SSSR count). The summed E-state index contributed by atoms with van der Waals surface area (Å²) >= 11 is 0. The summed E-state index contributed by atoms with van der Waals surface area (Å²) in [5.74, 6) is -0.892. The first-order valence-corrected chi connectivity index (χ1v) is 9.87. The van der Waals surface area contributed by atoms with Crippen molar-refractivity contribution in [2.24, 2.45) is 0 Å². The second kappa shape index (κ2) is 8.46. The van der Waals surface area contributed by atoms with Crippen LogP contribution < -0.4 is 10.9 Å². The molecule has 0 aliphatic rings. The predicted octanol–water partition coefficient (Wildman–Crippen LogP) is 2.60. The van der Waals surface area contributed by atoms with Gasteiger partial charge in [0.2, 0.25) is 5.91 Å². The minimum absolute atomic E-state index is 0.266. The van der Waals surface area contributed by atoms with Gasteiger partial charge in [-0.2, -0.15) is 10.2 Å². The Hall–Kier alpha value is -4.27. The number of ether oxygens (including phenoxy) is 1. The minimum atomic E-state index is -0.465. The number of anilines is 1. The highest BCUT2D eigenvalue weighted by Gasteiger charge is 2.14. The third-order valence-electron chi connectivity index (χ3n) is 5.03. The molecule has 9 heteroatoms. The molecule has 0 radical (unpaired) electrons. The van der Waals surface area contributed by atoms with Crippen molar-refractivity contribution in [2.45, 2.75) is 20.4 Å². The molecule has 0 fully saturated rings. The molecule has 2 aromatic carbocycles. The Morgan fingerprint density at radius 3 is 2.50 bits per heavy atom. The fourth-order valence-corrected chi connectivity index (χ4v) is 3.43. The summed E-state index contributed by atoms with van der Waals surface area (Å²) in [6, 6.07) is 14.0. The first-order chi connectivity index (χ1) is 15.4. The maximum absolute atomic E-state index is 12.9. The molecule has 0 saturated carbocycles. The topological polar surface area (TPSA) is 108 Å². The number of rotatable bonds is 5. The zero-order valence-corrected chi connectivity index (χ0v) is 17.8. The molecule has 1 amide bonds. The summed E-state index contributed by atoms with van der Waals surface area (Å²) in [6.07, 6.45) is 1.40. The van der Waals surface area contributed by atoms with Crippen LogP contribution in [0, 0.1) is 13.8 Å². The molecule has 32 heavy (non-hydrogen) atoms. The van der Waals surface area contributed by atoms with Crippen molar-refractivity contribution in [3.63, 3.8) is 0 Å². The van der Waals surface area contributed by atoms with Crippen LogP contribution in [0.4, 0.5) is 5.69 Å². The highest BCUT2D eigenvalue weighted by Crippen LogP contribution is 2.23. The van der Waals surface area contributed by atoms with Crippen molar-refractivity contribution < 1.29 is 14.3 Å². The Bertz CT molecular complexity index is 1390. The number of carbonyl (C=O) groups is 2. The normalized spacial score (nSPS) is 10.8. The number of nitrogens with zero attached hydrogens (tertiary/aromatic N) is 4. The number of carbonyl (C=O) groups excluding carboxylic acids is 2. The van der Waals surface area contributed by atoms with Crippen LogP contribution in [0.3, 0.4) is 0 Å². The number of nitrogens with one attached hydrogen (secondary N) is 1. The van der Waals surface area contributed by atoms with Gasteiger partial charge in [-0.05, 0) is 49.7 Å².